The zero-order valence-electron chi connectivity index (χ0n) is 12.1. The highest BCUT2D eigenvalue weighted by Crippen LogP contribution is 2.47. The molecule has 0 N–H and O–H groups in total. The normalized spacial score (nSPS) is 25.2. The van der Waals surface area contributed by atoms with Gasteiger partial charge < -0.3 is 4.74 Å². The summed E-state index contributed by atoms with van der Waals surface area (Å²) in [5.74, 6) is 1.67. The molecule has 6 nitrogen and oxygen atoms in total. The van der Waals surface area contributed by atoms with E-state index in [4.69, 9.17) is 4.74 Å². The molecule has 3 heterocycles. The van der Waals surface area contributed by atoms with E-state index in [-0.39, 0.29) is 10.9 Å². The summed E-state index contributed by atoms with van der Waals surface area (Å²) < 4.78 is 32.8. The Morgan fingerprint density at radius 2 is 2.24 bits per heavy atom. The molecule has 1 atom stereocenters. The van der Waals surface area contributed by atoms with Crippen molar-refractivity contribution in [3.63, 3.8) is 0 Å². The molecule has 0 amide bonds. The van der Waals surface area contributed by atoms with Crippen LogP contribution in [0.1, 0.15) is 6.42 Å². The molecule has 116 valence electrons. The van der Waals surface area contributed by atoms with Crippen molar-refractivity contribution in [1.82, 2.24) is 13.6 Å². The first-order valence-electron chi connectivity index (χ1n) is 6.80. The second-order valence-corrected chi connectivity index (χ2v) is 9.32. The second kappa shape index (κ2) is 5.42. The second-order valence-electron chi connectivity index (χ2n) is 5.68. The van der Waals surface area contributed by atoms with Crippen LogP contribution in [0.4, 0.5) is 0 Å². The van der Waals surface area contributed by atoms with Crippen LogP contribution < -0.4 is 4.74 Å². The van der Waals surface area contributed by atoms with E-state index < -0.39 is 10.2 Å². The van der Waals surface area contributed by atoms with Gasteiger partial charge in [-0.25, -0.2) is 0 Å². The third kappa shape index (κ3) is 2.90. The molecule has 1 aromatic rings. The van der Waals surface area contributed by atoms with E-state index in [2.05, 4.69) is 4.98 Å². The summed E-state index contributed by atoms with van der Waals surface area (Å²) in [6.45, 7) is 1.15. The molecular formula is C13H19N3O3S2. The van der Waals surface area contributed by atoms with Crippen LogP contribution in [-0.4, -0.2) is 65.8 Å². The highest BCUT2D eigenvalue weighted by molar-refractivity contribution is 8.01. The van der Waals surface area contributed by atoms with Crippen LogP contribution in [-0.2, 0) is 10.2 Å². The Balaban J connectivity index is 1.57. The molecule has 2 aliphatic heterocycles. The summed E-state index contributed by atoms with van der Waals surface area (Å²) in [4.78, 5) is 4.04. The van der Waals surface area contributed by atoms with Gasteiger partial charge >= 0.3 is 0 Å². The van der Waals surface area contributed by atoms with E-state index in [0.29, 0.717) is 13.1 Å². The number of rotatable bonds is 4. The van der Waals surface area contributed by atoms with Gasteiger partial charge in [0.25, 0.3) is 10.2 Å². The molecule has 0 unspecified atom stereocenters. The van der Waals surface area contributed by atoms with Gasteiger partial charge in [0.1, 0.15) is 11.9 Å². The molecule has 2 saturated heterocycles. The lowest BCUT2D eigenvalue weighted by Gasteiger charge is -2.46. The SMILES string of the molecule is CN(C)S(=O)(=O)N1CC2(C[C@@H](Oc3cccnc3)CS2)C1. The molecule has 0 saturated carbocycles. The fourth-order valence-electron chi connectivity index (χ4n) is 2.70. The molecule has 1 spiro atoms. The van der Waals surface area contributed by atoms with Gasteiger partial charge in [-0.2, -0.15) is 17.0 Å². The number of hydrogen-bond donors (Lipinski definition) is 0. The van der Waals surface area contributed by atoms with E-state index in [0.717, 1.165) is 17.9 Å². The van der Waals surface area contributed by atoms with Gasteiger partial charge in [-0.3, -0.25) is 4.98 Å². The fourth-order valence-corrected chi connectivity index (χ4v) is 5.67. The van der Waals surface area contributed by atoms with Crippen molar-refractivity contribution < 1.29 is 13.2 Å². The lowest BCUT2D eigenvalue weighted by Crippen LogP contribution is -2.62. The van der Waals surface area contributed by atoms with Crippen LogP contribution in [0.3, 0.4) is 0 Å². The van der Waals surface area contributed by atoms with Crippen molar-refractivity contribution in [3.8, 4) is 5.75 Å². The van der Waals surface area contributed by atoms with E-state index in [1.54, 1.807) is 26.5 Å². The van der Waals surface area contributed by atoms with Crippen LogP contribution >= 0.6 is 11.8 Å². The summed E-state index contributed by atoms with van der Waals surface area (Å²) in [6.07, 6.45) is 4.43. The number of aromatic nitrogens is 1. The maximum absolute atomic E-state index is 12.0. The van der Waals surface area contributed by atoms with Crippen LogP contribution in [0, 0.1) is 0 Å². The first-order valence-corrected chi connectivity index (χ1v) is 9.18. The Hall–Kier alpha value is -0.830. The topological polar surface area (TPSA) is 62.7 Å². The lowest BCUT2D eigenvalue weighted by molar-refractivity contribution is 0.155. The molecule has 3 rings (SSSR count). The van der Waals surface area contributed by atoms with Gasteiger partial charge in [0, 0.05) is 50.3 Å². The molecule has 1 aromatic heterocycles. The van der Waals surface area contributed by atoms with Crippen LogP contribution in [0.5, 0.6) is 5.75 Å². The van der Waals surface area contributed by atoms with E-state index >= 15 is 0 Å². The number of pyridine rings is 1. The standard InChI is InChI=1S/C13H19N3O3S2/c1-15(2)21(17,18)16-9-13(10-16)6-12(8-20-13)19-11-4-3-5-14-7-11/h3-5,7,12H,6,8-10H2,1-2H3/t12-/m1/s1. The van der Waals surface area contributed by atoms with Gasteiger partial charge in [-0.15, -0.1) is 11.8 Å². The van der Waals surface area contributed by atoms with Crippen molar-refractivity contribution in [2.24, 2.45) is 0 Å². The van der Waals surface area contributed by atoms with Crippen molar-refractivity contribution in [1.29, 1.82) is 0 Å². The summed E-state index contributed by atoms with van der Waals surface area (Å²) in [5.41, 5.74) is 0. The minimum Gasteiger partial charge on any atom is -0.488 e. The first-order chi connectivity index (χ1) is 9.91. The molecule has 2 fully saturated rings. The Labute approximate surface area is 129 Å². The molecule has 0 bridgehead atoms. The Morgan fingerprint density at radius 1 is 1.48 bits per heavy atom. The molecule has 0 aliphatic carbocycles. The molecular weight excluding hydrogens is 310 g/mol. The van der Waals surface area contributed by atoms with E-state index in [9.17, 15) is 8.42 Å². The zero-order valence-corrected chi connectivity index (χ0v) is 13.7. The molecule has 8 heteroatoms. The Kier molecular flexibility index (Phi) is 3.89. The van der Waals surface area contributed by atoms with E-state index in [1.807, 2.05) is 23.9 Å². The highest BCUT2D eigenvalue weighted by atomic mass is 32.2. The van der Waals surface area contributed by atoms with Gasteiger partial charge in [0.2, 0.25) is 0 Å². The molecule has 0 aromatic carbocycles. The average molecular weight is 329 g/mol. The maximum Gasteiger partial charge on any atom is 0.281 e. The summed E-state index contributed by atoms with van der Waals surface area (Å²) >= 11 is 1.82. The summed E-state index contributed by atoms with van der Waals surface area (Å²) in [6, 6.07) is 3.74. The van der Waals surface area contributed by atoms with Crippen molar-refractivity contribution in [2.75, 3.05) is 32.9 Å². The lowest BCUT2D eigenvalue weighted by atomic mass is 9.95. The first kappa shape index (κ1) is 15.1. The van der Waals surface area contributed by atoms with Gasteiger partial charge in [-0.1, -0.05) is 0 Å². The number of ether oxygens (including phenoxy) is 1. The van der Waals surface area contributed by atoms with Crippen LogP contribution in [0.25, 0.3) is 0 Å². The third-order valence-corrected chi connectivity index (χ3v) is 7.24. The summed E-state index contributed by atoms with van der Waals surface area (Å²) in [7, 11) is -0.146. The quantitative estimate of drug-likeness (QED) is 0.819. The van der Waals surface area contributed by atoms with Crippen LogP contribution in [0.2, 0.25) is 0 Å². The molecule has 21 heavy (non-hydrogen) atoms. The zero-order chi connectivity index (χ0) is 15.1. The number of nitrogens with zero attached hydrogens (tertiary/aromatic N) is 3. The minimum absolute atomic E-state index is 0.0238. The van der Waals surface area contributed by atoms with Crippen LogP contribution in [0.15, 0.2) is 24.5 Å². The van der Waals surface area contributed by atoms with Crippen molar-refractivity contribution >= 4 is 22.0 Å². The van der Waals surface area contributed by atoms with E-state index in [1.165, 1.54) is 8.61 Å². The monoisotopic (exact) mass is 329 g/mol. The van der Waals surface area contributed by atoms with Gasteiger partial charge in [0.15, 0.2) is 0 Å². The third-order valence-electron chi connectivity index (χ3n) is 3.83. The Bertz CT molecular complexity index is 600. The predicted molar refractivity (Wildman–Crippen MR) is 82.6 cm³/mol. The number of thioether (sulfide) groups is 1. The van der Waals surface area contributed by atoms with Crippen molar-refractivity contribution in [3.05, 3.63) is 24.5 Å². The predicted octanol–water partition coefficient (Wildman–Crippen LogP) is 0.827. The minimum atomic E-state index is -3.28. The molecule has 2 aliphatic rings. The van der Waals surface area contributed by atoms with Gasteiger partial charge in [-0.05, 0) is 12.1 Å². The largest absolute Gasteiger partial charge is 0.488 e. The Morgan fingerprint density at radius 3 is 2.86 bits per heavy atom. The fraction of sp³-hybridized carbons (Fsp3) is 0.615. The average Bonchev–Trinajstić information content (AvgIpc) is 2.82. The maximum atomic E-state index is 12.0. The van der Waals surface area contributed by atoms with Gasteiger partial charge in [0.05, 0.1) is 6.20 Å². The number of hydrogen-bond acceptors (Lipinski definition) is 5. The smallest absolute Gasteiger partial charge is 0.281 e. The van der Waals surface area contributed by atoms with Crippen molar-refractivity contribution in [2.45, 2.75) is 17.3 Å². The summed E-state index contributed by atoms with van der Waals surface area (Å²) in [5, 5.41) is 0. The highest BCUT2D eigenvalue weighted by Gasteiger charge is 2.53. The molecule has 0 radical (unpaired) electrons.